The molecule has 1 aromatic heterocycles. The highest BCUT2D eigenvalue weighted by molar-refractivity contribution is 5.79. The zero-order valence-electron chi connectivity index (χ0n) is 13.7. The molecule has 5 heteroatoms. The van der Waals surface area contributed by atoms with Crippen molar-refractivity contribution in [2.24, 2.45) is 0 Å². The Morgan fingerprint density at radius 1 is 1.39 bits per heavy atom. The van der Waals surface area contributed by atoms with E-state index in [-0.39, 0.29) is 5.91 Å². The number of hydrogen-bond donors (Lipinski definition) is 1. The number of hydrogen-bond acceptors (Lipinski definition) is 3. The summed E-state index contributed by atoms with van der Waals surface area (Å²) in [5.41, 5.74) is 3.17. The summed E-state index contributed by atoms with van der Waals surface area (Å²) < 4.78 is 5.15. The SMILES string of the molecule is COc1ccc(CC(=O)N2CCCC(c3cc(C)[nH]n3)C2)cc1. The van der Waals surface area contributed by atoms with Crippen LogP contribution in [0.1, 0.15) is 35.7 Å². The molecular weight excluding hydrogens is 290 g/mol. The molecular formula is C18H23N3O2. The fourth-order valence-electron chi connectivity index (χ4n) is 3.12. The summed E-state index contributed by atoms with van der Waals surface area (Å²) in [4.78, 5) is 14.5. The van der Waals surface area contributed by atoms with Crippen molar-refractivity contribution < 1.29 is 9.53 Å². The lowest BCUT2D eigenvalue weighted by Crippen LogP contribution is -2.40. The first-order valence-electron chi connectivity index (χ1n) is 8.08. The van der Waals surface area contributed by atoms with Gasteiger partial charge in [0.25, 0.3) is 0 Å². The Balaban J connectivity index is 1.62. The van der Waals surface area contributed by atoms with Crippen molar-refractivity contribution in [3.8, 4) is 5.75 Å². The van der Waals surface area contributed by atoms with Crippen LogP contribution in [0, 0.1) is 6.92 Å². The second-order valence-corrected chi connectivity index (χ2v) is 6.18. The van der Waals surface area contributed by atoms with E-state index in [2.05, 4.69) is 16.3 Å². The largest absolute Gasteiger partial charge is 0.497 e. The van der Waals surface area contributed by atoms with E-state index in [1.807, 2.05) is 36.1 Å². The van der Waals surface area contributed by atoms with E-state index in [0.717, 1.165) is 48.6 Å². The zero-order chi connectivity index (χ0) is 16.2. The van der Waals surface area contributed by atoms with Crippen LogP contribution in [0.25, 0.3) is 0 Å². The molecule has 1 aliphatic heterocycles. The molecule has 0 radical (unpaired) electrons. The number of nitrogens with zero attached hydrogens (tertiary/aromatic N) is 2. The van der Waals surface area contributed by atoms with Gasteiger partial charge in [0.2, 0.25) is 5.91 Å². The van der Waals surface area contributed by atoms with Crippen molar-refractivity contribution in [2.75, 3.05) is 20.2 Å². The smallest absolute Gasteiger partial charge is 0.227 e. The Labute approximate surface area is 136 Å². The van der Waals surface area contributed by atoms with Crippen molar-refractivity contribution >= 4 is 5.91 Å². The number of piperidine rings is 1. The van der Waals surface area contributed by atoms with Crippen LogP contribution < -0.4 is 4.74 Å². The summed E-state index contributed by atoms with van der Waals surface area (Å²) in [6.07, 6.45) is 2.57. The maximum Gasteiger partial charge on any atom is 0.227 e. The molecule has 1 N–H and O–H groups in total. The average Bonchev–Trinajstić information content (AvgIpc) is 3.02. The standard InChI is InChI=1S/C18H23N3O2/c1-13-10-17(20-19-13)15-4-3-9-21(12-15)18(22)11-14-5-7-16(23-2)8-6-14/h5-8,10,15H,3-4,9,11-12H2,1-2H3,(H,19,20). The molecule has 1 aliphatic rings. The predicted molar refractivity (Wildman–Crippen MR) is 88.6 cm³/mol. The predicted octanol–water partition coefficient (Wildman–Crippen LogP) is 2.68. The Bertz CT molecular complexity index is 663. The van der Waals surface area contributed by atoms with Crippen molar-refractivity contribution in [1.29, 1.82) is 0 Å². The third-order valence-corrected chi connectivity index (χ3v) is 4.43. The topological polar surface area (TPSA) is 58.2 Å². The van der Waals surface area contributed by atoms with Crippen LogP contribution in [0.15, 0.2) is 30.3 Å². The first-order valence-corrected chi connectivity index (χ1v) is 8.08. The van der Waals surface area contributed by atoms with Gasteiger partial charge in [-0.1, -0.05) is 12.1 Å². The molecule has 2 aromatic rings. The van der Waals surface area contributed by atoms with Gasteiger partial charge in [-0.2, -0.15) is 5.10 Å². The van der Waals surface area contributed by atoms with Gasteiger partial charge in [0.05, 0.1) is 19.2 Å². The van der Waals surface area contributed by atoms with E-state index in [4.69, 9.17) is 4.74 Å². The minimum atomic E-state index is 0.187. The summed E-state index contributed by atoms with van der Waals surface area (Å²) in [5, 5.41) is 7.35. The van der Waals surface area contributed by atoms with Crippen LogP contribution in [0.2, 0.25) is 0 Å². The molecule has 0 spiro atoms. The molecule has 3 rings (SSSR count). The number of ether oxygens (including phenoxy) is 1. The highest BCUT2D eigenvalue weighted by atomic mass is 16.5. The molecule has 0 saturated carbocycles. The number of carbonyl (C=O) groups is 1. The summed E-state index contributed by atoms with van der Waals surface area (Å²) in [6.45, 7) is 3.61. The van der Waals surface area contributed by atoms with Gasteiger partial charge in [0, 0.05) is 24.7 Å². The number of amides is 1. The average molecular weight is 313 g/mol. The summed E-state index contributed by atoms with van der Waals surface area (Å²) in [7, 11) is 1.64. The van der Waals surface area contributed by atoms with Crippen LogP contribution in [0.5, 0.6) is 5.75 Å². The minimum Gasteiger partial charge on any atom is -0.497 e. The van der Waals surface area contributed by atoms with E-state index in [1.54, 1.807) is 7.11 Å². The lowest BCUT2D eigenvalue weighted by atomic mass is 9.94. The van der Waals surface area contributed by atoms with Crippen LogP contribution in [0.3, 0.4) is 0 Å². The van der Waals surface area contributed by atoms with Gasteiger partial charge in [-0.05, 0) is 43.5 Å². The first kappa shape index (κ1) is 15.6. The normalized spacial score (nSPS) is 18.0. The third-order valence-electron chi connectivity index (χ3n) is 4.43. The van der Waals surface area contributed by atoms with E-state index >= 15 is 0 Å². The maximum atomic E-state index is 12.6. The quantitative estimate of drug-likeness (QED) is 0.944. The van der Waals surface area contributed by atoms with Gasteiger partial charge in [0.15, 0.2) is 0 Å². The molecule has 1 fully saturated rings. The number of carbonyl (C=O) groups excluding carboxylic acids is 1. The molecule has 1 aromatic carbocycles. The summed E-state index contributed by atoms with van der Waals surface area (Å²) >= 11 is 0. The van der Waals surface area contributed by atoms with Gasteiger partial charge < -0.3 is 9.64 Å². The number of benzene rings is 1. The molecule has 122 valence electrons. The third kappa shape index (κ3) is 3.73. The molecule has 0 bridgehead atoms. The molecule has 1 unspecified atom stereocenters. The number of nitrogens with one attached hydrogen (secondary N) is 1. The molecule has 2 heterocycles. The van der Waals surface area contributed by atoms with Crippen molar-refractivity contribution in [2.45, 2.75) is 32.1 Å². The molecule has 23 heavy (non-hydrogen) atoms. The number of rotatable bonds is 4. The molecule has 1 amide bonds. The minimum absolute atomic E-state index is 0.187. The van der Waals surface area contributed by atoms with Gasteiger partial charge in [-0.15, -0.1) is 0 Å². The molecule has 5 nitrogen and oxygen atoms in total. The van der Waals surface area contributed by atoms with E-state index < -0.39 is 0 Å². The highest BCUT2D eigenvalue weighted by Gasteiger charge is 2.26. The van der Waals surface area contributed by atoms with Crippen LogP contribution in [-0.4, -0.2) is 41.2 Å². The van der Waals surface area contributed by atoms with E-state index in [0.29, 0.717) is 12.3 Å². The van der Waals surface area contributed by atoms with Crippen LogP contribution in [-0.2, 0) is 11.2 Å². The Morgan fingerprint density at radius 2 is 2.17 bits per heavy atom. The van der Waals surface area contributed by atoms with Crippen molar-refractivity contribution in [1.82, 2.24) is 15.1 Å². The van der Waals surface area contributed by atoms with Gasteiger partial charge in [-0.3, -0.25) is 9.89 Å². The molecule has 1 saturated heterocycles. The monoisotopic (exact) mass is 313 g/mol. The van der Waals surface area contributed by atoms with E-state index in [1.165, 1.54) is 0 Å². The highest BCUT2D eigenvalue weighted by Crippen LogP contribution is 2.26. The fourth-order valence-corrected chi connectivity index (χ4v) is 3.12. The first-order chi connectivity index (χ1) is 11.2. The summed E-state index contributed by atoms with van der Waals surface area (Å²) in [5.74, 6) is 1.34. The van der Waals surface area contributed by atoms with Crippen molar-refractivity contribution in [3.05, 3.63) is 47.3 Å². The number of likely N-dealkylation sites (tertiary alicyclic amines) is 1. The van der Waals surface area contributed by atoms with Gasteiger partial charge in [0.1, 0.15) is 5.75 Å². The van der Waals surface area contributed by atoms with Gasteiger partial charge in [-0.25, -0.2) is 0 Å². The zero-order valence-corrected chi connectivity index (χ0v) is 13.7. The maximum absolute atomic E-state index is 12.6. The molecule has 0 aliphatic carbocycles. The number of methoxy groups -OCH3 is 1. The second-order valence-electron chi connectivity index (χ2n) is 6.18. The number of aryl methyl sites for hydroxylation is 1. The van der Waals surface area contributed by atoms with Crippen LogP contribution >= 0.6 is 0 Å². The Kier molecular flexibility index (Phi) is 4.65. The lowest BCUT2D eigenvalue weighted by Gasteiger charge is -2.32. The van der Waals surface area contributed by atoms with Crippen LogP contribution in [0.4, 0.5) is 0 Å². The second kappa shape index (κ2) is 6.86. The fraction of sp³-hybridized carbons (Fsp3) is 0.444. The summed E-state index contributed by atoms with van der Waals surface area (Å²) in [6, 6.07) is 9.79. The molecule has 1 atom stereocenters. The number of aromatic nitrogens is 2. The van der Waals surface area contributed by atoms with Crippen molar-refractivity contribution in [3.63, 3.8) is 0 Å². The van der Waals surface area contributed by atoms with E-state index in [9.17, 15) is 4.79 Å². The van der Waals surface area contributed by atoms with Gasteiger partial charge >= 0.3 is 0 Å². The number of H-pyrrole nitrogens is 1. The Morgan fingerprint density at radius 3 is 2.83 bits per heavy atom. The Hall–Kier alpha value is -2.30. The lowest BCUT2D eigenvalue weighted by molar-refractivity contribution is -0.131. The number of aromatic amines is 1.